The van der Waals surface area contributed by atoms with Crippen LogP contribution >= 0.6 is 0 Å². The Hall–Kier alpha value is -2.48. The van der Waals surface area contributed by atoms with Crippen LogP contribution in [-0.4, -0.2) is 65.8 Å². The molecule has 4 rings (SSSR count). The summed E-state index contributed by atoms with van der Waals surface area (Å²) in [5.74, 6) is 0. The van der Waals surface area contributed by atoms with Gasteiger partial charge < -0.3 is 15.2 Å². The van der Waals surface area contributed by atoms with Gasteiger partial charge in [-0.1, -0.05) is 18.2 Å². The van der Waals surface area contributed by atoms with Gasteiger partial charge in [-0.2, -0.15) is 13.2 Å². The smallest absolute Gasteiger partial charge is 0.361 e. The normalized spacial score (nSPS) is 22.0. The first-order valence-corrected chi connectivity index (χ1v) is 9.40. The van der Waals surface area contributed by atoms with Crippen molar-refractivity contribution in [2.45, 2.75) is 31.6 Å². The number of halogens is 3. The van der Waals surface area contributed by atoms with E-state index in [9.17, 15) is 18.0 Å². The van der Waals surface area contributed by atoms with Gasteiger partial charge in [0.15, 0.2) is 0 Å². The third-order valence-electron chi connectivity index (χ3n) is 5.62. The largest absolute Gasteiger partial charge is 0.406 e. The first-order valence-electron chi connectivity index (χ1n) is 9.40. The summed E-state index contributed by atoms with van der Waals surface area (Å²) >= 11 is 0. The third kappa shape index (κ3) is 3.37. The van der Waals surface area contributed by atoms with E-state index in [1.807, 2.05) is 31.5 Å². The van der Waals surface area contributed by atoms with Crippen LogP contribution in [0.25, 0.3) is 16.5 Å². The molecule has 0 spiro atoms. The molecule has 1 aromatic carbocycles. The number of fused-ring (bicyclic) bond motifs is 2. The van der Waals surface area contributed by atoms with Crippen molar-refractivity contribution in [2.24, 2.45) is 0 Å². The zero-order valence-electron chi connectivity index (χ0n) is 15.8. The number of aromatic amines is 1. The van der Waals surface area contributed by atoms with Crippen LogP contribution in [0.1, 0.15) is 18.1 Å². The van der Waals surface area contributed by atoms with Gasteiger partial charge in [0.2, 0.25) is 0 Å². The van der Waals surface area contributed by atoms with E-state index >= 15 is 0 Å². The van der Waals surface area contributed by atoms with Crippen molar-refractivity contribution in [2.75, 3.05) is 26.7 Å². The molecule has 150 valence electrons. The number of carbonyl (C=O) groups is 1. The molecule has 0 radical (unpaired) electrons. The molecule has 2 N–H and O–H groups in total. The number of hydrogen-bond donors (Lipinski definition) is 2. The Bertz CT molecular complexity index is 933. The summed E-state index contributed by atoms with van der Waals surface area (Å²) in [6.45, 7) is 0.851. The third-order valence-corrected chi connectivity index (χ3v) is 5.62. The summed E-state index contributed by atoms with van der Waals surface area (Å²) in [7, 11) is 1.99. The molecule has 5 nitrogen and oxygen atoms in total. The monoisotopic (exact) mass is 392 g/mol. The highest BCUT2D eigenvalue weighted by atomic mass is 19.4. The van der Waals surface area contributed by atoms with E-state index < -0.39 is 18.8 Å². The second-order valence-electron chi connectivity index (χ2n) is 7.51. The molecular weight excluding hydrogens is 369 g/mol. The molecule has 1 aliphatic heterocycles. The summed E-state index contributed by atoms with van der Waals surface area (Å²) in [6, 6.07) is 5.25. The number of carbonyl (C=O) groups excluding carboxylic acids is 1. The fourth-order valence-corrected chi connectivity index (χ4v) is 4.34. The Morgan fingerprint density at radius 2 is 2.18 bits per heavy atom. The van der Waals surface area contributed by atoms with Crippen LogP contribution in [0.2, 0.25) is 0 Å². The standard InChI is InChI=1S/C20H23F3N4O/c1-3-27(11-20(21,22)23)19(28)25-13-8-15-14-5-4-6-16-18(14)12(9-24-16)7-17(15)26(2)10-13/h4-6,8-9,13,17,24H,3,7,10-11H2,1-2H3,(H,25,28)/t13-,17+/m0/s1. The minimum atomic E-state index is -4.41. The second-order valence-corrected chi connectivity index (χ2v) is 7.51. The molecule has 2 amide bonds. The lowest BCUT2D eigenvalue weighted by molar-refractivity contribution is -0.139. The van der Waals surface area contributed by atoms with Crippen LogP contribution in [0.4, 0.5) is 18.0 Å². The van der Waals surface area contributed by atoms with Gasteiger partial charge in [0.05, 0.1) is 6.04 Å². The Labute approximate surface area is 161 Å². The molecule has 0 fully saturated rings. The minimum Gasteiger partial charge on any atom is -0.361 e. The summed E-state index contributed by atoms with van der Waals surface area (Å²) < 4.78 is 38.1. The minimum absolute atomic E-state index is 0.000876. The number of alkyl halides is 3. The van der Waals surface area contributed by atoms with E-state index in [1.165, 1.54) is 10.9 Å². The number of amides is 2. The van der Waals surface area contributed by atoms with Crippen molar-refractivity contribution in [1.82, 2.24) is 20.1 Å². The first-order chi connectivity index (χ1) is 13.3. The van der Waals surface area contributed by atoms with Crippen LogP contribution in [0.5, 0.6) is 0 Å². The van der Waals surface area contributed by atoms with E-state index in [2.05, 4.69) is 21.3 Å². The fraction of sp³-hybridized carbons (Fsp3) is 0.450. The van der Waals surface area contributed by atoms with Gasteiger partial charge in [-0.05, 0) is 43.2 Å². The van der Waals surface area contributed by atoms with Gasteiger partial charge in [-0.25, -0.2) is 4.79 Å². The number of hydrogen-bond acceptors (Lipinski definition) is 2. The predicted octanol–water partition coefficient (Wildman–Crippen LogP) is 3.38. The van der Waals surface area contributed by atoms with Crippen LogP contribution in [0.3, 0.4) is 0 Å². The lowest BCUT2D eigenvalue weighted by Crippen LogP contribution is -2.53. The lowest BCUT2D eigenvalue weighted by atomic mass is 9.81. The van der Waals surface area contributed by atoms with E-state index in [4.69, 9.17) is 0 Å². The van der Waals surface area contributed by atoms with Gasteiger partial charge in [-0.15, -0.1) is 0 Å². The first kappa shape index (κ1) is 18.9. The molecular formula is C20H23F3N4O. The summed E-state index contributed by atoms with van der Waals surface area (Å²) in [4.78, 5) is 18.6. The average Bonchev–Trinajstić information content (AvgIpc) is 3.04. The highest BCUT2D eigenvalue weighted by Crippen LogP contribution is 2.39. The number of benzene rings is 1. The zero-order chi connectivity index (χ0) is 20.1. The van der Waals surface area contributed by atoms with Crippen LogP contribution in [0.15, 0.2) is 30.5 Å². The van der Waals surface area contributed by atoms with Gasteiger partial charge in [0.25, 0.3) is 0 Å². The Morgan fingerprint density at radius 1 is 1.39 bits per heavy atom. The maximum absolute atomic E-state index is 12.7. The topological polar surface area (TPSA) is 51.4 Å². The Balaban J connectivity index is 1.61. The Kier molecular flexibility index (Phi) is 4.61. The average molecular weight is 392 g/mol. The number of likely N-dealkylation sites (N-methyl/N-ethyl adjacent to an activating group) is 1. The molecule has 2 aliphatic rings. The predicted molar refractivity (Wildman–Crippen MR) is 102 cm³/mol. The molecule has 0 unspecified atom stereocenters. The molecule has 2 atom stereocenters. The summed E-state index contributed by atoms with van der Waals surface area (Å²) in [6.07, 6.45) is 0.511. The molecule has 0 bridgehead atoms. The number of rotatable bonds is 3. The summed E-state index contributed by atoms with van der Waals surface area (Å²) in [5.41, 5.74) is 4.58. The van der Waals surface area contributed by atoms with E-state index in [1.54, 1.807) is 6.92 Å². The lowest BCUT2D eigenvalue weighted by Gasteiger charge is -2.40. The zero-order valence-corrected chi connectivity index (χ0v) is 15.8. The highest BCUT2D eigenvalue weighted by Gasteiger charge is 2.36. The van der Waals surface area contributed by atoms with Gasteiger partial charge in [0.1, 0.15) is 6.54 Å². The number of nitrogens with zero attached hydrogens (tertiary/aromatic N) is 2. The molecule has 1 aliphatic carbocycles. The van der Waals surface area contributed by atoms with E-state index in [0.29, 0.717) is 6.54 Å². The van der Waals surface area contributed by atoms with E-state index in [-0.39, 0.29) is 18.6 Å². The van der Waals surface area contributed by atoms with Gasteiger partial charge >= 0.3 is 12.2 Å². The number of nitrogens with one attached hydrogen (secondary N) is 2. The van der Waals surface area contributed by atoms with Crippen molar-refractivity contribution in [3.05, 3.63) is 41.6 Å². The quantitative estimate of drug-likeness (QED) is 0.842. The van der Waals surface area contributed by atoms with Crippen LogP contribution in [-0.2, 0) is 6.42 Å². The van der Waals surface area contributed by atoms with Crippen molar-refractivity contribution in [3.63, 3.8) is 0 Å². The molecule has 2 aromatic rings. The Morgan fingerprint density at radius 3 is 2.89 bits per heavy atom. The molecule has 8 heteroatoms. The molecule has 1 aromatic heterocycles. The van der Waals surface area contributed by atoms with E-state index in [0.717, 1.165) is 28.0 Å². The van der Waals surface area contributed by atoms with Crippen molar-refractivity contribution in [1.29, 1.82) is 0 Å². The number of aromatic nitrogens is 1. The molecule has 28 heavy (non-hydrogen) atoms. The van der Waals surface area contributed by atoms with Crippen molar-refractivity contribution >= 4 is 22.5 Å². The maximum Gasteiger partial charge on any atom is 0.406 e. The highest BCUT2D eigenvalue weighted by molar-refractivity contribution is 5.98. The second kappa shape index (κ2) is 6.84. The van der Waals surface area contributed by atoms with Crippen LogP contribution in [0, 0.1) is 0 Å². The SMILES string of the molecule is CCN(CC(F)(F)F)C(=O)N[C@H]1C=C2c3cccc4[nH]cc(c34)C[C@H]2N(C)C1. The number of urea groups is 1. The fourth-order valence-electron chi connectivity index (χ4n) is 4.34. The van der Waals surface area contributed by atoms with Gasteiger partial charge in [-0.3, -0.25) is 4.90 Å². The van der Waals surface area contributed by atoms with Crippen molar-refractivity contribution in [3.8, 4) is 0 Å². The molecule has 0 saturated carbocycles. The van der Waals surface area contributed by atoms with Gasteiger partial charge in [0, 0.05) is 36.2 Å². The molecule has 0 saturated heterocycles. The maximum atomic E-state index is 12.7. The summed E-state index contributed by atoms with van der Waals surface area (Å²) in [5, 5.41) is 3.96. The molecule has 2 heterocycles. The number of H-pyrrole nitrogens is 1. The van der Waals surface area contributed by atoms with Crippen LogP contribution < -0.4 is 5.32 Å². The van der Waals surface area contributed by atoms with Crippen molar-refractivity contribution < 1.29 is 18.0 Å².